The maximum atomic E-state index is 12.7. The molecule has 3 aromatic heterocycles. The van der Waals surface area contributed by atoms with E-state index in [0.717, 1.165) is 15.5 Å². The molecule has 0 radical (unpaired) electrons. The van der Waals surface area contributed by atoms with Crippen molar-refractivity contribution in [1.29, 1.82) is 0 Å². The van der Waals surface area contributed by atoms with Crippen LogP contribution in [0.1, 0.15) is 18.2 Å². The van der Waals surface area contributed by atoms with Gasteiger partial charge in [-0.2, -0.15) is 4.98 Å². The number of carbonyl (C=O) groups excluding carboxylic acids is 1. The highest BCUT2D eigenvalue weighted by atomic mass is 32.2. The van der Waals surface area contributed by atoms with Gasteiger partial charge in [0.05, 0.1) is 15.5 Å². The third-order valence-electron chi connectivity index (χ3n) is 4.35. The number of thiophene rings is 1. The van der Waals surface area contributed by atoms with Crippen LogP contribution in [0.3, 0.4) is 0 Å². The molecule has 8 nitrogen and oxygen atoms in total. The van der Waals surface area contributed by atoms with E-state index in [1.807, 2.05) is 22.9 Å². The molecule has 0 aliphatic rings. The number of rotatable bonds is 7. The molecule has 3 heterocycles. The Morgan fingerprint density at radius 1 is 1.23 bits per heavy atom. The summed E-state index contributed by atoms with van der Waals surface area (Å²) in [5.74, 6) is 0.467. The average Bonchev–Trinajstić information content (AvgIpc) is 3.38. The highest BCUT2D eigenvalue weighted by Gasteiger charge is 2.18. The summed E-state index contributed by atoms with van der Waals surface area (Å²) in [5, 5.41) is 11.1. The summed E-state index contributed by atoms with van der Waals surface area (Å²) in [5.41, 5.74) is 2.02. The van der Waals surface area contributed by atoms with Gasteiger partial charge in [0.15, 0.2) is 5.82 Å². The maximum absolute atomic E-state index is 12.7. The molecule has 1 amide bonds. The molecule has 0 saturated carbocycles. The number of thiazole rings is 1. The number of anilines is 1. The monoisotopic (exact) mass is 461 g/mol. The largest absolute Gasteiger partial charge is 0.326 e. The van der Waals surface area contributed by atoms with E-state index in [2.05, 4.69) is 20.1 Å². The zero-order valence-electron chi connectivity index (χ0n) is 16.2. The van der Waals surface area contributed by atoms with E-state index < -0.39 is 10.0 Å². The van der Waals surface area contributed by atoms with E-state index >= 15 is 0 Å². The molecule has 0 atom stereocenters. The molecular formula is C19H19N5O3S3. The highest BCUT2D eigenvalue weighted by Crippen LogP contribution is 2.24. The van der Waals surface area contributed by atoms with Crippen molar-refractivity contribution in [3.63, 3.8) is 0 Å². The van der Waals surface area contributed by atoms with Gasteiger partial charge in [0.1, 0.15) is 0 Å². The molecule has 4 aromatic rings. The molecule has 0 fully saturated rings. The summed E-state index contributed by atoms with van der Waals surface area (Å²) in [7, 11) is -3.68. The summed E-state index contributed by atoms with van der Waals surface area (Å²) in [6, 6.07) is 8.64. The predicted molar refractivity (Wildman–Crippen MR) is 119 cm³/mol. The van der Waals surface area contributed by atoms with Crippen molar-refractivity contribution in [3.05, 3.63) is 52.3 Å². The lowest BCUT2D eigenvalue weighted by Crippen LogP contribution is -2.27. The van der Waals surface area contributed by atoms with Gasteiger partial charge in [-0.25, -0.2) is 17.7 Å². The predicted octanol–water partition coefficient (Wildman–Crippen LogP) is 3.31. The average molecular weight is 462 g/mol. The Labute approximate surface area is 181 Å². The van der Waals surface area contributed by atoms with Gasteiger partial charge < -0.3 is 5.32 Å². The number of nitrogens with one attached hydrogen (secondary N) is 2. The zero-order valence-corrected chi connectivity index (χ0v) is 18.7. The summed E-state index contributed by atoms with van der Waals surface area (Å²) < 4.78 is 29.8. The van der Waals surface area contributed by atoms with Crippen LogP contribution in [0.5, 0.6) is 0 Å². The van der Waals surface area contributed by atoms with Gasteiger partial charge in [0, 0.05) is 31.0 Å². The Morgan fingerprint density at radius 2 is 2.07 bits per heavy atom. The van der Waals surface area contributed by atoms with Gasteiger partial charge >= 0.3 is 0 Å². The van der Waals surface area contributed by atoms with Crippen molar-refractivity contribution in [3.8, 4) is 10.7 Å². The molecule has 30 heavy (non-hydrogen) atoms. The molecule has 0 bridgehead atoms. The summed E-state index contributed by atoms with van der Waals surface area (Å²) in [4.78, 5) is 17.7. The van der Waals surface area contributed by atoms with Gasteiger partial charge in [-0.15, -0.1) is 27.8 Å². The van der Waals surface area contributed by atoms with Crippen LogP contribution in [0.25, 0.3) is 15.7 Å². The maximum Gasteiger partial charge on any atom is 0.240 e. The van der Waals surface area contributed by atoms with Crippen LogP contribution in [0.4, 0.5) is 5.69 Å². The minimum atomic E-state index is -3.68. The van der Waals surface area contributed by atoms with Crippen molar-refractivity contribution in [2.45, 2.75) is 25.2 Å². The van der Waals surface area contributed by atoms with Crippen LogP contribution in [0.2, 0.25) is 0 Å². The van der Waals surface area contributed by atoms with Gasteiger partial charge in [-0.05, 0) is 42.1 Å². The smallest absolute Gasteiger partial charge is 0.240 e. The van der Waals surface area contributed by atoms with E-state index in [4.69, 9.17) is 0 Å². The standard InChI is InChI=1S/C19H19N5O3S3/c1-12-10-14(21-13(2)25)5-6-17(12)30(26,27)20-8-7-15-11-29-19-22-18(23-24(15)19)16-4-3-9-28-16/h3-6,9-11,20H,7-8H2,1-2H3,(H,21,25). The van der Waals surface area contributed by atoms with Crippen molar-refractivity contribution >= 4 is 49.3 Å². The molecule has 0 aliphatic carbocycles. The van der Waals surface area contributed by atoms with Crippen molar-refractivity contribution in [1.82, 2.24) is 19.3 Å². The van der Waals surface area contributed by atoms with Gasteiger partial charge in [-0.3, -0.25) is 4.79 Å². The van der Waals surface area contributed by atoms with E-state index in [1.54, 1.807) is 34.9 Å². The van der Waals surface area contributed by atoms with E-state index in [1.165, 1.54) is 24.3 Å². The number of benzene rings is 1. The van der Waals surface area contributed by atoms with E-state index in [-0.39, 0.29) is 17.3 Å². The second-order valence-electron chi connectivity index (χ2n) is 6.64. The normalized spacial score (nSPS) is 11.8. The van der Waals surface area contributed by atoms with Crippen LogP contribution < -0.4 is 10.0 Å². The van der Waals surface area contributed by atoms with Gasteiger partial charge in [0.2, 0.25) is 20.9 Å². The number of amides is 1. The van der Waals surface area contributed by atoms with Crippen LogP contribution in [0.15, 0.2) is 46.0 Å². The minimum absolute atomic E-state index is 0.188. The van der Waals surface area contributed by atoms with Gasteiger partial charge in [-0.1, -0.05) is 6.07 Å². The lowest BCUT2D eigenvalue weighted by Gasteiger charge is -2.11. The number of hydrogen-bond donors (Lipinski definition) is 2. The fourth-order valence-electron chi connectivity index (χ4n) is 3.03. The minimum Gasteiger partial charge on any atom is -0.326 e. The summed E-state index contributed by atoms with van der Waals surface area (Å²) in [6.45, 7) is 3.33. The quantitative estimate of drug-likeness (QED) is 0.439. The molecule has 1 aromatic carbocycles. The van der Waals surface area contributed by atoms with E-state index in [0.29, 0.717) is 23.5 Å². The lowest BCUT2D eigenvalue weighted by atomic mass is 10.2. The Hall–Kier alpha value is -2.60. The number of hydrogen-bond acceptors (Lipinski definition) is 7. The highest BCUT2D eigenvalue weighted by molar-refractivity contribution is 7.89. The first-order valence-electron chi connectivity index (χ1n) is 9.08. The third-order valence-corrected chi connectivity index (χ3v) is 7.70. The number of sulfonamides is 1. The molecule has 11 heteroatoms. The molecule has 4 rings (SSSR count). The molecule has 0 saturated heterocycles. The second-order valence-corrected chi connectivity index (χ2v) is 10.2. The summed E-state index contributed by atoms with van der Waals surface area (Å²) >= 11 is 3.05. The first kappa shape index (κ1) is 20.7. The Kier molecular flexibility index (Phi) is 5.69. The summed E-state index contributed by atoms with van der Waals surface area (Å²) in [6.07, 6.45) is 0.482. The first-order chi connectivity index (χ1) is 14.3. The number of carbonyl (C=O) groups is 1. The number of nitrogens with zero attached hydrogens (tertiary/aromatic N) is 3. The fraction of sp³-hybridized carbons (Fsp3) is 0.211. The molecule has 156 valence electrons. The fourth-order valence-corrected chi connectivity index (χ4v) is 5.80. The lowest BCUT2D eigenvalue weighted by molar-refractivity contribution is -0.114. The molecule has 2 N–H and O–H groups in total. The molecular weight excluding hydrogens is 442 g/mol. The topological polar surface area (TPSA) is 105 Å². The van der Waals surface area contributed by atoms with Crippen molar-refractivity contribution in [2.75, 3.05) is 11.9 Å². The number of fused-ring (bicyclic) bond motifs is 1. The van der Waals surface area contributed by atoms with Crippen LogP contribution in [-0.2, 0) is 21.2 Å². The Balaban J connectivity index is 1.45. The molecule has 0 aliphatic heterocycles. The molecule has 0 spiro atoms. The van der Waals surface area contributed by atoms with Crippen molar-refractivity contribution < 1.29 is 13.2 Å². The third kappa shape index (κ3) is 4.29. The zero-order chi connectivity index (χ0) is 21.3. The van der Waals surface area contributed by atoms with Crippen molar-refractivity contribution in [2.24, 2.45) is 0 Å². The van der Waals surface area contributed by atoms with Crippen LogP contribution in [-0.4, -0.2) is 35.5 Å². The molecule has 0 unspecified atom stereocenters. The van der Waals surface area contributed by atoms with Crippen LogP contribution >= 0.6 is 22.7 Å². The Bertz CT molecular complexity index is 1310. The van der Waals surface area contributed by atoms with E-state index in [9.17, 15) is 13.2 Å². The Morgan fingerprint density at radius 3 is 2.77 bits per heavy atom. The first-order valence-corrected chi connectivity index (χ1v) is 12.3. The number of aryl methyl sites for hydroxylation is 1. The SMILES string of the molecule is CC(=O)Nc1ccc(S(=O)(=O)NCCc2csc3nc(-c4cccs4)nn23)c(C)c1. The second kappa shape index (κ2) is 8.26. The van der Waals surface area contributed by atoms with Gasteiger partial charge in [0.25, 0.3) is 0 Å². The number of aromatic nitrogens is 3. The van der Waals surface area contributed by atoms with Crippen LogP contribution in [0, 0.1) is 6.92 Å².